The van der Waals surface area contributed by atoms with Crippen molar-refractivity contribution in [2.24, 2.45) is 45.3 Å². The Bertz CT molecular complexity index is 1500. The Morgan fingerprint density at radius 1 is 0.750 bits per heavy atom. The van der Waals surface area contributed by atoms with Gasteiger partial charge in [-0.05, 0) is 93.3 Å². The highest BCUT2D eigenvalue weighted by molar-refractivity contribution is 5.26. The highest BCUT2D eigenvalue weighted by Crippen LogP contribution is 2.80. The SMILES string of the molecule is CC(C)=CC1CC(C)(O)C2C3CCC4[C@@]5(C)CC[C@H](O[C@@H]6OC(CO)[C@@H](O)[C@@H](O[C@@H]7OC(CO)[C@@H](O)[C@@H](O)C7O)C6O)C(C)(C)C5CC[C@@]4(C)[C@@]34CO[C@@]2(C4)O1. The molecule has 2 bridgehead atoms. The van der Waals surface area contributed by atoms with Crippen molar-refractivity contribution in [3.8, 4) is 0 Å². The molecule has 0 radical (unpaired) electrons. The highest BCUT2D eigenvalue weighted by Gasteiger charge is 2.81. The van der Waals surface area contributed by atoms with Crippen LogP contribution in [0.25, 0.3) is 0 Å². The number of aliphatic hydroxyl groups is 8. The van der Waals surface area contributed by atoms with Crippen LogP contribution in [0.2, 0.25) is 0 Å². The van der Waals surface area contributed by atoms with Crippen molar-refractivity contribution < 1.29 is 69.3 Å². The lowest BCUT2D eigenvalue weighted by Crippen LogP contribution is -2.68. The third-order valence-electron chi connectivity index (χ3n) is 17.0. The molecule has 0 aromatic carbocycles. The minimum Gasteiger partial charge on any atom is -0.394 e. The van der Waals surface area contributed by atoms with Crippen molar-refractivity contribution in [1.82, 2.24) is 0 Å². The maximum atomic E-state index is 12.1. The normalized spacial score (nSPS) is 57.4. The first-order valence-corrected chi connectivity index (χ1v) is 21.1. The molecule has 4 heterocycles. The van der Waals surface area contributed by atoms with Gasteiger partial charge in [0.1, 0.15) is 48.8 Å². The second-order valence-corrected chi connectivity index (χ2v) is 20.6. The molecular weight excluding hydrogens is 728 g/mol. The van der Waals surface area contributed by atoms with Gasteiger partial charge in [-0.25, -0.2) is 0 Å². The zero-order chi connectivity index (χ0) is 40.5. The summed E-state index contributed by atoms with van der Waals surface area (Å²) in [5.74, 6) is 0.123. The van der Waals surface area contributed by atoms with Crippen LogP contribution >= 0.6 is 0 Å². The topological polar surface area (TPSA) is 217 Å². The molecule has 14 heteroatoms. The maximum absolute atomic E-state index is 12.1. The molecular formula is C42H68O14. The molecule has 8 aliphatic rings. The lowest BCUT2D eigenvalue weighted by atomic mass is 9.35. The van der Waals surface area contributed by atoms with E-state index in [1.807, 2.05) is 6.92 Å². The fraction of sp³-hybridized carbons (Fsp3) is 0.952. The van der Waals surface area contributed by atoms with Crippen molar-refractivity contribution in [3.63, 3.8) is 0 Å². The Hall–Kier alpha value is -0.820. The number of hydrogen-bond acceptors (Lipinski definition) is 14. The smallest absolute Gasteiger partial charge is 0.187 e. The van der Waals surface area contributed by atoms with Gasteiger partial charge in [0.05, 0.1) is 37.6 Å². The minimum absolute atomic E-state index is 0.0284. The molecule has 56 heavy (non-hydrogen) atoms. The van der Waals surface area contributed by atoms with Crippen molar-refractivity contribution in [3.05, 3.63) is 11.6 Å². The van der Waals surface area contributed by atoms with Gasteiger partial charge in [0.15, 0.2) is 18.4 Å². The molecule has 320 valence electrons. The van der Waals surface area contributed by atoms with Gasteiger partial charge in [-0.3, -0.25) is 0 Å². The highest BCUT2D eigenvalue weighted by atomic mass is 16.7. The standard InChI is InChI=1S/C42H68O14/c1-20(2)14-21-15-40(7,50)34-22-8-9-26-38(5)12-11-27(37(3,4)25(38)10-13-39(26,6)41(22)18-42(34,56-21)51-19-41)54-36-32(49)33(29(46)24(17-44)53-36)55-35-31(48)30(47)28(45)23(16-43)52-35/h14,21-36,43-50H,8-13,15-19H2,1-7H3/t21?,22?,23?,24?,25?,26?,27-,28+,29+,30+,31?,32?,33+,34?,35-,36-,38-,39+,40?,41-,42-/m0/s1. The zero-order valence-electron chi connectivity index (χ0n) is 34.1. The van der Waals surface area contributed by atoms with E-state index in [1.165, 1.54) is 5.57 Å². The number of aliphatic hydroxyl groups excluding tert-OH is 7. The second kappa shape index (κ2) is 14.1. The second-order valence-electron chi connectivity index (χ2n) is 20.6. The molecule has 4 aliphatic carbocycles. The van der Waals surface area contributed by atoms with Gasteiger partial charge in [-0.2, -0.15) is 0 Å². The Balaban J connectivity index is 1.01. The monoisotopic (exact) mass is 796 g/mol. The van der Waals surface area contributed by atoms with Crippen molar-refractivity contribution in [1.29, 1.82) is 0 Å². The van der Waals surface area contributed by atoms with Crippen LogP contribution in [0.3, 0.4) is 0 Å². The van der Waals surface area contributed by atoms with E-state index >= 15 is 0 Å². The minimum atomic E-state index is -1.75. The molecule has 4 saturated heterocycles. The number of hydrogen-bond donors (Lipinski definition) is 8. The Morgan fingerprint density at radius 2 is 1.41 bits per heavy atom. The Labute approximate surface area is 330 Å². The van der Waals surface area contributed by atoms with Crippen LogP contribution in [0, 0.1) is 45.3 Å². The van der Waals surface area contributed by atoms with E-state index < -0.39 is 86.0 Å². The molecule has 0 aromatic heterocycles. The van der Waals surface area contributed by atoms with Crippen LogP contribution in [0.4, 0.5) is 0 Å². The van der Waals surface area contributed by atoms with Gasteiger partial charge in [-0.15, -0.1) is 0 Å². The Kier molecular flexibility index (Phi) is 10.6. The number of fused-ring (bicyclic) bond motifs is 4. The molecule has 0 amide bonds. The van der Waals surface area contributed by atoms with E-state index in [-0.39, 0.29) is 45.7 Å². The molecule has 4 aliphatic heterocycles. The first-order valence-electron chi connectivity index (χ1n) is 21.1. The lowest BCUT2D eigenvalue weighted by Gasteiger charge is -2.70. The molecule has 10 unspecified atom stereocenters. The summed E-state index contributed by atoms with van der Waals surface area (Å²) in [6.45, 7) is 14.9. The van der Waals surface area contributed by atoms with Gasteiger partial charge >= 0.3 is 0 Å². The first kappa shape index (κ1) is 41.9. The lowest BCUT2D eigenvalue weighted by molar-refractivity contribution is -0.370. The van der Waals surface area contributed by atoms with Gasteiger partial charge in [0, 0.05) is 24.2 Å². The van der Waals surface area contributed by atoms with Crippen LogP contribution in [-0.4, -0.2) is 146 Å². The van der Waals surface area contributed by atoms with Gasteiger partial charge in [-0.1, -0.05) is 39.3 Å². The van der Waals surface area contributed by atoms with E-state index in [0.29, 0.717) is 31.3 Å². The van der Waals surface area contributed by atoms with Crippen LogP contribution in [-0.2, 0) is 28.4 Å². The third-order valence-corrected chi connectivity index (χ3v) is 17.0. The fourth-order valence-corrected chi connectivity index (χ4v) is 14.6. The summed E-state index contributed by atoms with van der Waals surface area (Å²) in [6.07, 6.45) is -6.46. The summed E-state index contributed by atoms with van der Waals surface area (Å²) >= 11 is 0. The van der Waals surface area contributed by atoms with E-state index in [9.17, 15) is 40.9 Å². The summed E-state index contributed by atoms with van der Waals surface area (Å²) in [7, 11) is 0. The van der Waals surface area contributed by atoms with Crippen LogP contribution in [0.5, 0.6) is 0 Å². The number of rotatable bonds is 7. The van der Waals surface area contributed by atoms with Crippen molar-refractivity contribution in [2.45, 2.75) is 185 Å². The number of ether oxygens (including phenoxy) is 6. The van der Waals surface area contributed by atoms with Crippen LogP contribution < -0.4 is 0 Å². The summed E-state index contributed by atoms with van der Waals surface area (Å²) in [4.78, 5) is 0. The Morgan fingerprint density at radius 3 is 2.07 bits per heavy atom. The third kappa shape index (κ3) is 5.94. The predicted octanol–water partition coefficient (Wildman–Crippen LogP) is 1.50. The largest absolute Gasteiger partial charge is 0.394 e. The van der Waals surface area contributed by atoms with Gasteiger partial charge < -0.3 is 69.3 Å². The summed E-state index contributed by atoms with van der Waals surface area (Å²) in [5.41, 5.74) is -0.269. The predicted molar refractivity (Wildman–Crippen MR) is 198 cm³/mol. The molecule has 4 saturated carbocycles. The molecule has 21 atom stereocenters. The molecule has 14 nitrogen and oxygen atoms in total. The van der Waals surface area contributed by atoms with E-state index in [1.54, 1.807) is 0 Å². The fourth-order valence-electron chi connectivity index (χ4n) is 14.6. The van der Waals surface area contributed by atoms with Crippen molar-refractivity contribution >= 4 is 0 Å². The molecule has 2 spiro atoms. The van der Waals surface area contributed by atoms with E-state index in [2.05, 4.69) is 47.6 Å². The zero-order valence-corrected chi connectivity index (χ0v) is 34.1. The average molecular weight is 797 g/mol. The summed E-state index contributed by atoms with van der Waals surface area (Å²) in [5, 5.41) is 85.9. The molecule has 0 aromatic rings. The van der Waals surface area contributed by atoms with E-state index in [4.69, 9.17) is 28.4 Å². The molecule has 8 rings (SSSR count). The van der Waals surface area contributed by atoms with Gasteiger partial charge in [0.25, 0.3) is 0 Å². The van der Waals surface area contributed by atoms with Crippen molar-refractivity contribution in [2.75, 3.05) is 19.8 Å². The van der Waals surface area contributed by atoms with Crippen LogP contribution in [0.1, 0.15) is 99.8 Å². The average Bonchev–Trinajstić information content (AvgIpc) is 3.64. The number of allylic oxidation sites excluding steroid dienone is 1. The summed E-state index contributed by atoms with van der Waals surface area (Å²) in [6, 6.07) is 0. The van der Waals surface area contributed by atoms with Gasteiger partial charge in [0.2, 0.25) is 0 Å². The van der Waals surface area contributed by atoms with Crippen LogP contribution in [0.15, 0.2) is 11.6 Å². The summed E-state index contributed by atoms with van der Waals surface area (Å²) < 4.78 is 37.8. The maximum Gasteiger partial charge on any atom is 0.187 e. The molecule has 8 N–H and O–H groups in total. The quantitative estimate of drug-likeness (QED) is 0.135. The first-order chi connectivity index (χ1) is 26.2. The van der Waals surface area contributed by atoms with E-state index in [0.717, 1.165) is 38.5 Å². The molecule has 8 fully saturated rings.